The van der Waals surface area contributed by atoms with Crippen LogP contribution >= 0.6 is 11.3 Å². The van der Waals surface area contributed by atoms with E-state index in [1.807, 2.05) is 11.3 Å². The fourth-order valence-electron chi connectivity index (χ4n) is 1.69. The maximum Gasteiger partial charge on any atom is 0.121 e. The Bertz CT molecular complexity index is 235. The maximum absolute atomic E-state index is 2.46. The molecule has 1 saturated heterocycles. The Labute approximate surface area is 71.4 Å². The van der Waals surface area contributed by atoms with Crippen LogP contribution in [0.25, 0.3) is 0 Å². The topological polar surface area (TPSA) is 16.6 Å². The molecule has 1 atom stereocenters. The minimum absolute atomic E-state index is 0.786. The quantitative estimate of drug-likeness (QED) is 0.653. The van der Waals surface area contributed by atoms with E-state index in [9.17, 15) is 0 Å². The number of quaternary nitrogens is 1. The average molecular weight is 168 g/mol. The molecule has 1 aliphatic heterocycles. The molecule has 0 unspecified atom stereocenters. The number of aryl methyl sites for hydroxylation is 1. The summed E-state index contributed by atoms with van der Waals surface area (Å²) >= 11 is 1.95. The summed E-state index contributed by atoms with van der Waals surface area (Å²) in [6, 6.07) is 5.30. The summed E-state index contributed by atoms with van der Waals surface area (Å²) in [7, 11) is 0. The van der Waals surface area contributed by atoms with Crippen molar-refractivity contribution in [1.82, 2.24) is 0 Å². The lowest BCUT2D eigenvalue weighted by Gasteiger charge is -2.01. The first-order chi connectivity index (χ1) is 5.36. The monoisotopic (exact) mass is 168 g/mol. The highest BCUT2D eigenvalue weighted by Gasteiger charge is 2.21. The lowest BCUT2D eigenvalue weighted by Crippen LogP contribution is -2.81. The second-order valence-corrected chi connectivity index (χ2v) is 4.54. The van der Waals surface area contributed by atoms with Crippen molar-refractivity contribution in [2.24, 2.45) is 0 Å². The van der Waals surface area contributed by atoms with E-state index in [0.29, 0.717) is 0 Å². The van der Waals surface area contributed by atoms with Gasteiger partial charge >= 0.3 is 0 Å². The molecule has 60 valence electrons. The third-order valence-corrected chi connectivity index (χ3v) is 3.43. The summed E-state index contributed by atoms with van der Waals surface area (Å²) in [6.07, 6.45) is 2.77. The largest absolute Gasteiger partial charge is 0.339 e. The van der Waals surface area contributed by atoms with Crippen molar-refractivity contribution in [3.05, 3.63) is 21.9 Å². The van der Waals surface area contributed by atoms with Gasteiger partial charge in [-0.05, 0) is 19.1 Å². The zero-order valence-corrected chi connectivity index (χ0v) is 7.66. The first-order valence-corrected chi connectivity index (χ1v) is 5.07. The van der Waals surface area contributed by atoms with Gasteiger partial charge in [0.25, 0.3) is 0 Å². The Kier molecular flexibility index (Phi) is 1.96. The number of nitrogens with two attached hydrogens (primary N) is 1. The van der Waals surface area contributed by atoms with E-state index < -0.39 is 0 Å². The molecule has 0 spiro atoms. The van der Waals surface area contributed by atoms with Crippen LogP contribution in [-0.2, 0) is 0 Å². The van der Waals surface area contributed by atoms with E-state index in [2.05, 4.69) is 24.4 Å². The highest BCUT2D eigenvalue weighted by Crippen LogP contribution is 2.24. The van der Waals surface area contributed by atoms with Gasteiger partial charge in [-0.3, -0.25) is 0 Å². The number of hydrogen-bond acceptors (Lipinski definition) is 1. The van der Waals surface area contributed by atoms with Crippen LogP contribution in [0.1, 0.15) is 28.6 Å². The maximum atomic E-state index is 2.46. The molecule has 1 aliphatic rings. The normalized spacial score (nSPS) is 24.3. The minimum Gasteiger partial charge on any atom is -0.339 e. The van der Waals surface area contributed by atoms with Gasteiger partial charge in [0.1, 0.15) is 6.04 Å². The number of rotatable bonds is 1. The summed E-state index contributed by atoms with van der Waals surface area (Å²) in [5.41, 5.74) is 0. The predicted octanol–water partition coefficient (Wildman–Crippen LogP) is 1.45. The SMILES string of the molecule is Cc1ccc([C@@H]2CCC[NH2+]2)s1. The summed E-state index contributed by atoms with van der Waals surface area (Å²) in [4.78, 5) is 3.01. The second kappa shape index (κ2) is 2.95. The summed E-state index contributed by atoms with van der Waals surface area (Å²) in [6.45, 7) is 3.50. The summed E-state index contributed by atoms with van der Waals surface area (Å²) < 4.78 is 0. The van der Waals surface area contributed by atoms with Crippen LogP contribution in [0.3, 0.4) is 0 Å². The van der Waals surface area contributed by atoms with Crippen LogP contribution in [0.5, 0.6) is 0 Å². The van der Waals surface area contributed by atoms with Gasteiger partial charge in [-0.2, -0.15) is 0 Å². The lowest BCUT2D eigenvalue weighted by atomic mass is 10.2. The third kappa shape index (κ3) is 1.47. The molecule has 1 fully saturated rings. The Morgan fingerprint density at radius 1 is 1.55 bits per heavy atom. The van der Waals surface area contributed by atoms with Gasteiger partial charge in [0, 0.05) is 17.7 Å². The third-order valence-electron chi connectivity index (χ3n) is 2.30. The molecule has 0 aliphatic carbocycles. The Morgan fingerprint density at radius 3 is 3.00 bits per heavy atom. The van der Waals surface area contributed by atoms with Crippen LogP contribution in [0.2, 0.25) is 0 Å². The van der Waals surface area contributed by atoms with E-state index in [-0.39, 0.29) is 0 Å². The molecular weight excluding hydrogens is 154 g/mol. The molecule has 2 N–H and O–H groups in total. The highest BCUT2D eigenvalue weighted by molar-refractivity contribution is 7.11. The molecule has 0 radical (unpaired) electrons. The van der Waals surface area contributed by atoms with Crippen molar-refractivity contribution in [1.29, 1.82) is 0 Å². The Hall–Kier alpha value is -0.340. The molecule has 2 heteroatoms. The summed E-state index contributed by atoms with van der Waals surface area (Å²) in [5, 5.41) is 2.46. The van der Waals surface area contributed by atoms with Crippen molar-refractivity contribution in [3.8, 4) is 0 Å². The second-order valence-electron chi connectivity index (χ2n) is 3.22. The van der Waals surface area contributed by atoms with Gasteiger partial charge in [-0.15, -0.1) is 11.3 Å². The molecule has 1 nitrogen and oxygen atoms in total. The van der Waals surface area contributed by atoms with Crippen molar-refractivity contribution >= 4 is 11.3 Å². The first kappa shape index (κ1) is 7.32. The number of hydrogen-bond donors (Lipinski definition) is 1. The van der Waals surface area contributed by atoms with E-state index in [1.165, 1.54) is 24.3 Å². The standard InChI is InChI=1S/C9H13NS/c1-7-4-5-9(11-7)8-3-2-6-10-8/h4-5,8,10H,2-3,6H2,1H3/p+1/t8-/m0/s1. The van der Waals surface area contributed by atoms with Gasteiger partial charge in [0.05, 0.1) is 11.4 Å². The fraction of sp³-hybridized carbons (Fsp3) is 0.556. The Morgan fingerprint density at radius 2 is 2.45 bits per heavy atom. The van der Waals surface area contributed by atoms with E-state index in [1.54, 1.807) is 4.88 Å². The lowest BCUT2D eigenvalue weighted by molar-refractivity contribution is -0.675. The molecule has 0 aromatic carbocycles. The van der Waals surface area contributed by atoms with Gasteiger partial charge < -0.3 is 5.32 Å². The van der Waals surface area contributed by atoms with Gasteiger partial charge in [0.15, 0.2) is 0 Å². The molecule has 2 rings (SSSR count). The van der Waals surface area contributed by atoms with Crippen LogP contribution < -0.4 is 5.32 Å². The summed E-state index contributed by atoms with van der Waals surface area (Å²) in [5.74, 6) is 0. The molecule has 11 heavy (non-hydrogen) atoms. The van der Waals surface area contributed by atoms with Gasteiger partial charge in [0.2, 0.25) is 0 Å². The van der Waals surface area contributed by atoms with E-state index in [4.69, 9.17) is 0 Å². The van der Waals surface area contributed by atoms with Crippen molar-refractivity contribution in [2.75, 3.05) is 6.54 Å². The molecule has 2 heterocycles. The van der Waals surface area contributed by atoms with Crippen molar-refractivity contribution in [3.63, 3.8) is 0 Å². The van der Waals surface area contributed by atoms with Gasteiger partial charge in [-0.25, -0.2) is 0 Å². The average Bonchev–Trinajstić information content (AvgIpc) is 2.55. The van der Waals surface area contributed by atoms with Crippen LogP contribution in [0, 0.1) is 6.92 Å². The molecule has 0 bridgehead atoms. The molecular formula is C9H14NS+. The number of thiophene rings is 1. The molecule has 1 aromatic heterocycles. The first-order valence-electron chi connectivity index (χ1n) is 4.26. The van der Waals surface area contributed by atoms with Gasteiger partial charge in [-0.1, -0.05) is 0 Å². The van der Waals surface area contributed by atoms with Crippen LogP contribution in [-0.4, -0.2) is 6.54 Å². The molecule has 0 amide bonds. The zero-order valence-electron chi connectivity index (χ0n) is 6.84. The minimum atomic E-state index is 0.786. The van der Waals surface area contributed by atoms with E-state index in [0.717, 1.165) is 6.04 Å². The molecule has 1 aromatic rings. The zero-order chi connectivity index (χ0) is 7.68. The van der Waals surface area contributed by atoms with E-state index >= 15 is 0 Å². The highest BCUT2D eigenvalue weighted by atomic mass is 32.1. The van der Waals surface area contributed by atoms with Crippen molar-refractivity contribution in [2.45, 2.75) is 25.8 Å². The fourth-order valence-corrected chi connectivity index (χ4v) is 2.70. The smallest absolute Gasteiger partial charge is 0.121 e. The molecule has 0 saturated carbocycles. The van der Waals surface area contributed by atoms with Crippen LogP contribution in [0.15, 0.2) is 12.1 Å². The van der Waals surface area contributed by atoms with Crippen LogP contribution in [0.4, 0.5) is 0 Å². The predicted molar refractivity (Wildman–Crippen MR) is 47.8 cm³/mol. The Balaban J connectivity index is 2.15. The van der Waals surface area contributed by atoms with Crippen molar-refractivity contribution < 1.29 is 5.32 Å².